The molecule has 0 spiro atoms. The number of carbonyl (C=O) groups excluding carboxylic acids is 1. The number of benzene rings is 2. The van der Waals surface area contributed by atoms with Gasteiger partial charge in [0.2, 0.25) is 0 Å². The molecule has 0 aliphatic carbocycles. The van der Waals surface area contributed by atoms with E-state index in [1.165, 1.54) is 19.2 Å². The Labute approximate surface area is 174 Å². The zero-order chi connectivity index (χ0) is 21.7. The summed E-state index contributed by atoms with van der Waals surface area (Å²) >= 11 is 0. The van der Waals surface area contributed by atoms with E-state index < -0.39 is 4.92 Å². The lowest BCUT2D eigenvalue weighted by Crippen LogP contribution is -2.34. The summed E-state index contributed by atoms with van der Waals surface area (Å²) in [7, 11) is 4.58. The van der Waals surface area contributed by atoms with Crippen LogP contribution in [-0.4, -0.2) is 50.2 Å². The summed E-state index contributed by atoms with van der Waals surface area (Å²) in [6, 6.07) is 9.53. The molecule has 30 heavy (non-hydrogen) atoms. The monoisotopic (exact) mass is 416 g/mol. The predicted octanol–water partition coefficient (Wildman–Crippen LogP) is 3.36. The first kappa shape index (κ1) is 21.2. The van der Waals surface area contributed by atoms with Crippen LogP contribution < -0.4 is 18.9 Å². The highest BCUT2D eigenvalue weighted by Crippen LogP contribution is 2.39. The van der Waals surface area contributed by atoms with Gasteiger partial charge in [0.1, 0.15) is 17.2 Å². The van der Waals surface area contributed by atoms with Gasteiger partial charge in [-0.3, -0.25) is 14.9 Å². The number of hydrogen-bond acceptors (Lipinski definition) is 7. The van der Waals surface area contributed by atoms with E-state index in [9.17, 15) is 14.9 Å². The molecule has 1 aliphatic rings. The normalized spacial score (nSPS) is 15.6. The van der Waals surface area contributed by atoms with Gasteiger partial charge in [-0.2, -0.15) is 0 Å². The van der Waals surface area contributed by atoms with Crippen molar-refractivity contribution in [2.24, 2.45) is 0 Å². The van der Waals surface area contributed by atoms with E-state index in [1.807, 2.05) is 12.1 Å². The molecule has 3 rings (SSSR count). The Bertz CT molecular complexity index is 932. The highest BCUT2D eigenvalue weighted by molar-refractivity contribution is 5.79. The van der Waals surface area contributed by atoms with Crippen LogP contribution >= 0.6 is 0 Å². The van der Waals surface area contributed by atoms with Crippen molar-refractivity contribution in [1.82, 2.24) is 4.90 Å². The first-order chi connectivity index (χ1) is 14.5. The van der Waals surface area contributed by atoms with Crippen LogP contribution in [0.3, 0.4) is 0 Å². The number of rotatable bonds is 8. The van der Waals surface area contributed by atoms with Crippen LogP contribution in [0.4, 0.5) is 5.69 Å². The maximum absolute atomic E-state index is 12.9. The largest absolute Gasteiger partial charge is 0.497 e. The van der Waals surface area contributed by atoms with Gasteiger partial charge in [0.05, 0.1) is 38.4 Å². The van der Waals surface area contributed by atoms with Crippen molar-refractivity contribution in [3.8, 4) is 23.0 Å². The summed E-state index contributed by atoms with van der Waals surface area (Å²) < 4.78 is 21.3. The van der Waals surface area contributed by atoms with Crippen molar-refractivity contribution in [3.63, 3.8) is 0 Å². The average molecular weight is 416 g/mol. The molecule has 2 aromatic carbocycles. The summed E-state index contributed by atoms with van der Waals surface area (Å²) in [5, 5.41) is 11.3. The van der Waals surface area contributed by atoms with Crippen molar-refractivity contribution in [2.75, 3.05) is 34.5 Å². The number of amides is 1. The molecular weight excluding hydrogens is 392 g/mol. The molecule has 1 amide bonds. The zero-order valence-electron chi connectivity index (χ0n) is 17.1. The average Bonchev–Trinajstić information content (AvgIpc) is 3.26. The standard InChI is InChI=1S/C21H24N2O7/c1-27-14-6-8-19(29-3)16(11-14)17-5-4-10-22(17)21(24)13-30-20-9-7-15(28-2)12-18(20)23(25)26/h6-9,11-12,17H,4-5,10,13H2,1-3H3/t17-/m1/s1. The number of carbonyl (C=O) groups is 1. The molecule has 160 valence electrons. The van der Waals surface area contributed by atoms with E-state index in [0.29, 0.717) is 23.8 Å². The Hall–Kier alpha value is -3.49. The minimum absolute atomic E-state index is 0.0175. The molecule has 0 N–H and O–H groups in total. The van der Waals surface area contributed by atoms with Crippen molar-refractivity contribution < 1.29 is 28.7 Å². The highest BCUT2D eigenvalue weighted by Gasteiger charge is 2.32. The van der Waals surface area contributed by atoms with E-state index in [-0.39, 0.29) is 30.0 Å². The number of methoxy groups -OCH3 is 3. The Kier molecular flexibility index (Phi) is 6.61. The number of nitro groups is 1. The first-order valence-electron chi connectivity index (χ1n) is 9.45. The summed E-state index contributed by atoms with van der Waals surface area (Å²) in [6.07, 6.45) is 1.61. The van der Waals surface area contributed by atoms with Gasteiger partial charge >= 0.3 is 5.69 Å². The van der Waals surface area contributed by atoms with Gasteiger partial charge < -0.3 is 23.8 Å². The third kappa shape index (κ3) is 4.40. The maximum Gasteiger partial charge on any atom is 0.314 e. The van der Waals surface area contributed by atoms with E-state index in [2.05, 4.69) is 0 Å². The molecule has 0 aromatic heterocycles. The second-order valence-electron chi connectivity index (χ2n) is 6.73. The summed E-state index contributed by atoms with van der Waals surface area (Å²) in [4.78, 5) is 25.4. The number of nitro benzene ring substituents is 1. The highest BCUT2D eigenvalue weighted by atomic mass is 16.6. The van der Waals surface area contributed by atoms with Crippen LogP contribution in [0.25, 0.3) is 0 Å². The number of hydrogen-bond donors (Lipinski definition) is 0. The molecule has 9 heteroatoms. The first-order valence-corrected chi connectivity index (χ1v) is 9.45. The number of ether oxygens (including phenoxy) is 4. The van der Waals surface area contributed by atoms with Crippen LogP contribution in [0.5, 0.6) is 23.0 Å². The Morgan fingerprint density at radius 1 is 1.07 bits per heavy atom. The molecule has 9 nitrogen and oxygen atoms in total. The number of likely N-dealkylation sites (tertiary alicyclic amines) is 1. The second kappa shape index (κ2) is 9.34. The number of nitrogens with zero attached hydrogens (tertiary/aromatic N) is 2. The minimum Gasteiger partial charge on any atom is -0.497 e. The Morgan fingerprint density at radius 2 is 1.73 bits per heavy atom. The Balaban J connectivity index is 1.77. The summed E-state index contributed by atoms with van der Waals surface area (Å²) in [6.45, 7) is 0.258. The molecule has 1 atom stereocenters. The topological polar surface area (TPSA) is 100 Å². The van der Waals surface area contributed by atoms with Gasteiger partial charge in [0.15, 0.2) is 12.4 Å². The van der Waals surface area contributed by atoms with E-state index in [1.54, 1.807) is 31.3 Å². The fraction of sp³-hybridized carbons (Fsp3) is 0.381. The summed E-state index contributed by atoms with van der Waals surface area (Å²) in [5.74, 6) is 1.45. The van der Waals surface area contributed by atoms with E-state index in [4.69, 9.17) is 18.9 Å². The van der Waals surface area contributed by atoms with E-state index >= 15 is 0 Å². The van der Waals surface area contributed by atoms with Crippen LogP contribution in [0.2, 0.25) is 0 Å². The van der Waals surface area contributed by atoms with Crippen LogP contribution in [0.1, 0.15) is 24.4 Å². The summed E-state index contributed by atoms with van der Waals surface area (Å²) in [5.41, 5.74) is 0.604. The predicted molar refractivity (Wildman–Crippen MR) is 108 cm³/mol. The lowest BCUT2D eigenvalue weighted by atomic mass is 10.0. The molecule has 1 heterocycles. The zero-order valence-corrected chi connectivity index (χ0v) is 17.1. The van der Waals surface area contributed by atoms with Crippen LogP contribution in [0.15, 0.2) is 36.4 Å². The van der Waals surface area contributed by atoms with Gasteiger partial charge in [-0.1, -0.05) is 0 Å². The fourth-order valence-electron chi connectivity index (χ4n) is 3.60. The third-order valence-corrected chi connectivity index (χ3v) is 5.08. The second-order valence-corrected chi connectivity index (χ2v) is 6.73. The molecule has 0 bridgehead atoms. The van der Waals surface area contributed by atoms with Gasteiger partial charge in [-0.15, -0.1) is 0 Å². The lowest BCUT2D eigenvalue weighted by Gasteiger charge is -2.26. The van der Waals surface area contributed by atoms with Crippen molar-refractivity contribution in [2.45, 2.75) is 18.9 Å². The van der Waals surface area contributed by atoms with Gasteiger partial charge in [0.25, 0.3) is 5.91 Å². The maximum atomic E-state index is 12.9. The molecule has 1 saturated heterocycles. The Morgan fingerprint density at radius 3 is 2.37 bits per heavy atom. The van der Waals surface area contributed by atoms with Crippen molar-refractivity contribution in [3.05, 3.63) is 52.1 Å². The molecule has 1 fully saturated rings. The van der Waals surface area contributed by atoms with Gasteiger partial charge in [0, 0.05) is 12.1 Å². The van der Waals surface area contributed by atoms with Crippen LogP contribution in [0, 0.1) is 10.1 Å². The molecule has 0 radical (unpaired) electrons. The van der Waals surface area contributed by atoms with Crippen LogP contribution in [-0.2, 0) is 4.79 Å². The fourth-order valence-corrected chi connectivity index (χ4v) is 3.60. The smallest absolute Gasteiger partial charge is 0.314 e. The molecule has 1 aliphatic heterocycles. The van der Waals surface area contributed by atoms with Crippen molar-refractivity contribution in [1.29, 1.82) is 0 Å². The lowest BCUT2D eigenvalue weighted by molar-refractivity contribution is -0.385. The minimum atomic E-state index is -0.567. The molecule has 2 aromatic rings. The SMILES string of the molecule is COc1ccc(OC)c([C@H]2CCCN2C(=O)COc2ccc(OC)cc2[N+](=O)[O-])c1. The molecular formula is C21H24N2O7. The third-order valence-electron chi connectivity index (χ3n) is 5.08. The van der Waals surface area contributed by atoms with Gasteiger partial charge in [-0.05, 0) is 43.2 Å². The molecule has 0 saturated carbocycles. The van der Waals surface area contributed by atoms with E-state index in [0.717, 1.165) is 18.4 Å². The quantitative estimate of drug-likeness (QED) is 0.480. The van der Waals surface area contributed by atoms with Crippen molar-refractivity contribution >= 4 is 11.6 Å². The van der Waals surface area contributed by atoms with Gasteiger partial charge in [-0.25, -0.2) is 0 Å². The molecule has 0 unspecified atom stereocenters.